The van der Waals surface area contributed by atoms with E-state index in [4.69, 9.17) is 9.84 Å². The van der Waals surface area contributed by atoms with E-state index in [1.54, 1.807) is 24.5 Å². The highest BCUT2D eigenvalue weighted by Crippen LogP contribution is 2.19. The third-order valence-corrected chi connectivity index (χ3v) is 4.40. The molecule has 4 rings (SSSR count). The maximum Gasteiger partial charge on any atom is 0.229 e. The molecule has 0 spiro atoms. The van der Waals surface area contributed by atoms with E-state index in [0.717, 1.165) is 16.9 Å². The lowest BCUT2D eigenvalue weighted by Gasteiger charge is -2.09. The minimum Gasteiger partial charge on any atom is -0.394 e. The fourth-order valence-electron chi connectivity index (χ4n) is 2.91. The molecule has 1 aromatic carbocycles. The summed E-state index contributed by atoms with van der Waals surface area (Å²) in [4.78, 5) is 22.1. The molecule has 3 aromatic heterocycles. The molecule has 3 N–H and O–H groups in total. The fraction of sp³-hybridized carbons (Fsp3) is 0.174. The van der Waals surface area contributed by atoms with Gasteiger partial charge in [0.25, 0.3) is 0 Å². The summed E-state index contributed by atoms with van der Waals surface area (Å²) >= 11 is 0. The molecule has 32 heavy (non-hydrogen) atoms. The van der Waals surface area contributed by atoms with Gasteiger partial charge < -0.3 is 20.5 Å². The van der Waals surface area contributed by atoms with Gasteiger partial charge in [0.1, 0.15) is 17.3 Å². The molecule has 3 heterocycles. The fourth-order valence-corrected chi connectivity index (χ4v) is 2.91. The third kappa shape index (κ3) is 5.81. The van der Waals surface area contributed by atoms with Gasteiger partial charge in [-0.05, 0) is 48.9 Å². The number of anilines is 4. The average molecular weight is 429 g/mol. The quantitative estimate of drug-likeness (QED) is 0.343. The Hall–Kier alpha value is -3.95. The first kappa shape index (κ1) is 21.3. The first-order valence-corrected chi connectivity index (χ1v) is 10.1. The van der Waals surface area contributed by atoms with Crippen molar-refractivity contribution in [2.24, 2.45) is 0 Å². The van der Waals surface area contributed by atoms with Gasteiger partial charge >= 0.3 is 0 Å². The van der Waals surface area contributed by atoms with Crippen LogP contribution in [0, 0.1) is 6.92 Å². The first-order valence-electron chi connectivity index (χ1n) is 10.1. The summed E-state index contributed by atoms with van der Waals surface area (Å²) in [5.41, 5.74) is 3.48. The smallest absolute Gasteiger partial charge is 0.229 e. The number of nitrogens with zero attached hydrogens (tertiary/aromatic N) is 5. The maximum atomic E-state index is 8.78. The highest BCUT2D eigenvalue weighted by Gasteiger charge is 2.06. The molecule has 0 aliphatic heterocycles. The van der Waals surface area contributed by atoms with Crippen LogP contribution in [0.5, 0.6) is 0 Å². The largest absolute Gasteiger partial charge is 0.394 e. The van der Waals surface area contributed by atoms with Crippen molar-refractivity contribution in [3.8, 4) is 11.5 Å². The van der Waals surface area contributed by atoms with Crippen molar-refractivity contribution in [2.75, 3.05) is 23.8 Å². The molecule has 0 atom stereocenters. The third-order valence-electron chi connectivity index (χ3n) is 4.40. The number of pyridine rings is 1. The number of ether oxygens (including phenoxy) is 1. The minimum absolute atomic E-state index is 0.0144. The van der Waals surface area contributed by atoms with Crippen molar-refractivity contribution in [1.82, 2.24) is 24.9 Å². The predicted octanol–water partition coefficient (Wildman–Crippen LogP) is 3.63. The molecule has 0 aliphatic rings. The Morgan fingerprint density at radius 1 is 0.844 bits per heavy atom. The lowest BCUT2D eigenvalue weighted by atomic mass is 10.2. The number of aryl methyl sites for hydroxylation is 1. The number of rotatable bonds is 9. The van der Waals surface area contributed by atoms with Gasteiger partial charge in [0.15, 0.2) is 5.82 Å². The molecule has 0 unspecified atom stereocenters. The first-order chi connectivity index (χ1) is 15.7. The molecular formula is C23H23N7O2. The Kier molecular flexibility index (Phi) is 6.91. The van der Waals surface area contributed by atoms with E-state index in [-0.39, 0.29) is 6.61 Å². The molecule has 0 saturated heterocycles. The molecule has 0 radical (unpaired) electrons. The van der Waals surface area contributed by atoms with Gasteiger partial charge in [0, 0.05) is 23.8 Å². The van der Waals surface area contributed by atoms with E-state index in [2.05, 4.69) is 35.6 Å². The van der Waals surface area contributed by atoms with Crippen molar-refractivity contribution in [3.63, 3.8) is 0 Å². The van der Waals surface area contributed by atoms with Crippen LogP contribution in [0.15, 0.2) is 67.0 Å². The SMILES string of the molecule is Cc1cccc(-c2nccc(Nc3ccnc(Nc4ccc(COCCO)cc4)n3)n2)n1. The maximum absolute atomic E-state index is 8.78. The number of aliphatic hydroxyl groups excluding tert-OH is 1. The van der Waals surface area contributed by atoms with Crippen LogP contribution in [0.4, 0.5) is 23.3 Å². The highest BCUT2D eigenvalue weighted by atomic mass is 16.5. The second-order valence-corrected chi connectivity index (χ2v) is 6.92. The topological polar surface area (TPSA) is 118 Å². The van der Waals surface area contributed by atoms with Crippen molar-refractivity contribution < 1.29 is 9.84 Å². The Bertz CT molecular complexity index is 1170. The van der Waals surface area contributed by atoms with Gasteiger partial charge in [-0.2, -0.15) is 4.98 Å². The van der Waals surface area contributed by atoms with Gasteiger partial charge in [-0.15, -0.1) is 0 Å². The monoisotopic (exact) mass is 429 g/mol. The molecular weight excluding hydrogens is 406 g/mol. The van der Waals surface area contributed by atoms with Crippen LogP contribution >= 0.6 is 0 Å². The predicted molar refractivity (Wildman–Crippen MR) is 122 cm³/mol. The zero-order valence-corrected chi connectivity index (χ0v) is 17.6. The summed E-state index contributed by atoms with van der Waals surface area (Å²) in [5.74, 6) is 2.19. The van der Waals surface area contributed by atoms with Crippen molar-refractivity contribution in [3.05, 3.63) is 78.2 Å². The second kappa shape index (κ2) is 10.4. The Morgan fingerprint density at radius 3 is 2.41 bits per heavy atom. The van der Waals surface area contributed by atoms with Gasteiger partial charge in [0.2, 0.25) is 5.95 Å². The summed E-state index contributed by atoms with van der Waals surface area (Å²) < 4.78 is 5.32. The lowest BCUT2D eigenvalue weighted by molar-refractivity contribution is 0.0815. The van der Waals surface area contributed by atoms with E-state index >= 15 is 0 Å². The number of aliphatic hydroxyl groups is 1. The number of benzene rings is 1. The van der Waals surface area contributed by atoms with Gasteiger partial charge in [0.05, 0.1) is 19.8 Å². The van der Waals surface area contributed by atoms with Crippen molar-refractivity contribution in [2.45, 2.75) is 13.5 Å². The summed E-state index contributed by atoms with van der Waals surface area (Å²) in [6.45, 7) is 2.72. The normalized spacial score (nSPS) is 10.7. The van der Waals surface area contributed by atoms with Gasteiger partial charge in [-0.25, -0.2) is 19.9 Å². The van der Waals surface area contributed by atoms with Crippen LogP contribution in [-0.2, 0) is 11.3 Å². The molecule has 4 aromatic rings. The van der Waals surface area contributed by atoms with E-state index in [9.17, 15) is 0 Å². The van der Waals surface area contributed by atoms with Gasteiger partial charge in [-0.1, -0.05) is 18.2 Å². The van der Waals surface area contributed by atoms with Crippen LogP contribution in [0.2, 0.25) is 0 Å². The van der Waals surface area contributed by atoms with Crippen molar-refractivity contribution >= 4 is 23.3 Å². The van der Waals surface area contributed by atoms with E-state index < -0.39 is 0 Å². The molecule has 0 aliphatic carbocycles. The highest BCUT2D eigenvalue weighted by molar-refractivity contribution is 5.59. The summed E-state index contributed by atoms with van der Waals surface area (Å²) in [6, 6.07) is 17.0. The van der Waals surface area contributed by atoms with E-state index in [1.807, 2.05) is 49.4 Å². The molecule has 0 amide bonds. The molecule has 0 fully saturated rings. The number of hydrogen-bond donors (Lipinski definition) is 3. The van der Waals surface area contributed by atoms with Crippen LogP contribution in [0.1, 0.15) is 11.3 Å². The standard InChI is InChI=1S/C23H23N7O2/c1-16-3-2-4-19(26-16)22-24-11-9-20(29-22)28-21-10-12-25-23(30-21)27-18-7-5-17(6-8-18)15-32-14-13-31/h2-12,31H,13-15H2,1H3,(H2,24,25,27,28,29,30). The Morgan fingerprint density at radius 2 is 1.62 bits per heavy atom. The second-order valence-electron chi connectivity index (χ2n) is 6.92. The van der Waals surface area contributed by atoms with Gasteiger partial charge in [-0.3, -0.25) is 0 Å². The molecule has 0 saturated carbocycles. The molecule has 162 valence electrons. The Balaban J connectivity index is 1.43. The zero-order chi connectivity index (χ0) is 22.2. The van der Waals surface area contributed by atoms with Crippen LogP contribution < -0.4 is 10.6 Å². The minimum atomic E-state index is 0.0144. The molecule has 9 heteroatoms. The van der Waals surface area contributed by atoms with Crippen LogP contribution in [0.3, 0.4) is 0 Å². The molecule has 9 nitrogen and oxygen atoms in total. The number of aromatic nitrogens is 5. The van der Waals surface area contributed by atoms with Crippen molar-refractivity contribution in [1.29, 1.82) is 0 Å². The van der Waals surface area contributed by atoms with E-state index in [1.165, 1.54) is 0 Å². The Labute approximate surface area is 185 Å². The molecule has 0 bridgehead atoms. The summed E-state index contributed by atoms with van der Waals surface area (Å²) in [5, 5.41) is 15.1. The van der Waals surface area contributed by atoms with Crippen LogP contribution in [0.25, 0.3) is 11.5 Å². The van der Waals surface area contributed by atoms with Crippen LogP contribution in [-0.4, -0.2) is 43.2 Å². The number of nitrogens with one attached hydrogen (secondary N) is 2. The average Bonchev–Trinajstić information content (AvgIpc) is 2.81. The zero-order valence-electron chi connectivity index (χ0n) is 17.6. The lowest BCUT2D eigenvalue weighted by Crippen LogP contribution is -2.03. The summed E-state index contributed by atoms with van der Waals surface area (Å²) in [7, 11) is 0. The van der Waals surface area contributed by atoms with E-state index in [0.29, 0.717) is 42.3 Å². The number of hydrogen-bond acceptors (Lipinski definition) is 9. The summed E-state index contributed by atoms with van der Waals surface area (Å²) in [6.07, 6.45) is 3.35.